The maximum absolute atomic E-state index is 12.6. The summed E-state index contributed by atoms with van der Waals surface area (Å²) in [4.78, 5) is 36.3. The van der Waals surface area contributed by atoms with Gasteiger partial charge in [-0.25, -0.2) is 9.59 Å². The van der Waals surface area contributed by atoms with Gasteiger partial charge in [-0.1, -0.05) is 50.9 Å². The van der Waals surface area contributed by atoms with Crippen LogP contribution in [0.4, 0.5) is 10.5 Å². The molecule has 0 aliphatic heterocycles. The summed E-state index contributed by atoms with van der Waals surface area (Å²) in [6.45, 7) is 7.55. The van der Waals surface area contributed by atoms with Crippen molar-refractivity contribution in [3.05, 3.63) is 28.2 Å². The zero-order valence-corrected chi connectivity index (χ0v) is 17.9. The monoisotopic (exact) mass is 431 g/mol. The minimum atomic E-state index is -1.11. The fourth-order valence-electron chi connectivity index (χ4n) is 2.57. The Hall–Kier alpha value is -1.99. The van der Waals surface area contributed by atoms with E-state index in [2.05, 4.69) is 16.0 Å². The molecule has 0 aliphatic carbocycles. The van der Waals surface area contributed by atoms with Crippen LogP contribution in [0, 0.1) is 11.8 Å². The molecule has 0 unspecified atom stereocenters. The number of carbonyl (C=O) groups excluding carboxylic acids is 2. The first kappa shape index (κ1) is 24.0. The van der Waals surface area contributed by atoms with Gasteiger partial charge in [0.05, 0.1) is 10.0 Å². The molecule has 1 rings (SSSR count). The van der Waals surface area contributed by atoms with Crippen molar-refractivity contribution in [1.29, 1.82) is 0 Å². The fourth-order valence-corrected chi connectivity index (χ4v) is 2.87. The van der Waals surface area contributed by atoms with Gasteiger partial charge >= 0.3 is 12.0 Å². The van der Waals surface area contributed by atoms with Gasteiger partial charge in [0.15, 0.2) is 0 Å². The van der Waals surface area contributed by atoms with Crippen LogP contribution < -0.4 is 16.0 Å². The zero-order chi connectivity index (χ0) is 21.4. The number of urea groups is 1. The molecule has 7 nitrogen and oxygen atoms in total. The van der Waals surface area contributed by atoms with E-state index >= 15 is 0 Å². The summed E-state index contributed by atoms with van der Waals surface area (Å²) in [6.07, 6.45) is 0.652. The van der Waals surface area contributed by atoms with E-state index in [0.717, 1.165) is 0 Å². The topological polar surface area (TPSA) is 108 Å². The van der Waals surface area contributed by atoms with E-state index in [-0.39, 0.29) is 16.9 Å². The molecule has 2 atom stereocenters. The van der Waals surface area contributed by atoms with Gasteiger partial charge in [0.2, 0.25) is 5.91 Å². The molecule has 28 heavy (non-hydrogen) atoms. The normalized spacial score (nSPS) is 13.1. The molecule has 4 N–H and O–H groups in total. The van der Waals surface area contributed by atoms with E-state index in [1.807, 2.05) is 27.7 Å². The minimum absolute atomic E-state index is 0.0934. The lowest BCUT2D eigenvalue weighted by Crippen LogP contribution is -2.53. The van der Waals surface area contributed by atoms with Crippen LogP contribution in [0.25, 0.3) is 0 Å². The van der Waals surface area contributed by atoms with Crippen molar-refractivity contribution >= 4 is 46.8 Å². The molecule has 0 aromatic heterocycles. The number of carboxylic acid groups (broad SMARTS) is 1. The Morgan fingerprint density at radius 3 is 2.00 bits per heavy atom. The van der Waals surface area contributed by atoms with Crippen LogP contribution in [-0.2, 0) is 9.59 Å². The first-order valence-corrected chi connectivity index (χ1v) is 9.81. The third-order valence-electron chi connectivity index (χ3n) is 3.83. The van der Waals surface area contributed by atoms with Gasteiger partial charge < -0.3 is 21.1 Å². The Morgan fingerprint density at radius 1 is 0.929 bits per heavy atom. The highest BCUT2D eigenvalue weighted by atomic mass is 35.5. The number of nitrogens with one attached hydrogen (secondary N) is 3. The summed E-state index contributed by atoms with van der Waals surface area (Å²) in [7, 11) is 0. The van der Waals surface area contributed by atoms with Gasteiger partial charge in [0.25, 0.3) is 0 Å². The van der Waals surface area contributed by atoms with E-state index < -0.39 is 30.0 Å². The van der Waals surface area contributed by atoms with E-state index in [9.17, 15) is 19.5 Å². The number of carboxylic acids is 1. The Bertz CT molecular complexity index is 710. The molecule has 0 bridgehead atoms. The lowest BCUT2D eigenvalue weighted by Gasteiger charge is -2.23. The van der Waals surface area contributed by atoms with Gasteiger partial charge in [0.1, 0.15) is 12.1 Å². The van der Waals surface area contributed by atoms with E-state index in [1.54, 1.807) is 12.1 Å². The van der Waals surface area contributed by atoms with Gasteiger partial charge in [-0.2, -0.15) is 0 Å². The third-order valence-corrected chi connectivity index (χ3v) is 4.57. The zero-order valence-electron chi connectivity index (χ0n) is 16.4. The Morgan fingerprint density at radius 2 is 1.50 bits per heavy atom. The highest BCUT2D eigenvalue weighted by Crippen LogP contribution is 2.25. The van der Waals surface area contributed by atoms with Crippen LogP contribution in [0.15, 0.2) is 18.2 Å². The molecule has 3 amide bonds. The molecule has 0 radical (unpaired) electrons. The molecule has 0 saturated carbocycles. The van der Waals surface area contributed by atoms with Gasteiger partial charge in [0, 0.05) is 5.69 Å². The predicted molar refractivity (Wildman–Crippen MR) is 111 cm³/mol. The summed E-state index contributed by atoms with van der Waals surface area (Å²) < 4.78 is 0. The van der Waals surface area contributed by atoms with E-state index in [0.29, 0.717) is 23.6 Å². The molecule has 0 aliphatic rings. The quantitative estimate of drug-likeness (QED) is 0.470. The lowest BCUT2D eigenvalue weighted by molar-refractivity contribution is -0.142. The second kappa shape index (κ2) is 11.1. The molecule has 0 heterocycles. The highest BCUT2D eigenvalue weighted by Gasteiger charge is 2.27. The molecule has 0 saturated heterocycles. The maximum Gasteiger partial charge on any atom is 0.326 e. The van der Waals surface area contributed by atoms with Crippen molar-refractivity contribution in [3.63, 3.8) is 0 Å². The van der Waals surface area contributed by atoms with Crippen molar-refractivity contribution in [2.75, 3.05) is 5.32 Å². The minimum Gasteiger partial charge on any atom is -0.480 e. The van der Waals surface area contributed by atoms with E-state index in [4.69, 9.17) is 23.2 Å². The van der Waals surface area contributed by atoms with Crippen LogP contribution in [-0.4, -0.2) is 35.1 Å². The second-order valence-electron chi connectivity index (χ2n) is 7.44. The van der Waals surface area contributed by atoms with Crippen LogP contribution >= 0.6 is 23.2 Å². The standard InChI is InChI=1S/C19H27Cl2N3O4/c1-10(2)7-15(17(25)23-16(18(26)27)8-11(3)4)24-19(28)22-12-5-6-13(20)14(21)9-12/h5-6,9-11,15-16H,7-8H2,1-4H3,(H,23,25)(H,26,27)(H2,22,24,28)/t15-,16-/m0/s1. The summed E-state index contributed by atoms with van der Waals surface area (Å²) >= 11 is 11.8. The van der Waals surface area contributed by atoms with Crippen LogP contribution in [0.2, 0.25) is 10.0 Å². The SMILES string of the molecule is CC(C)C[C@H](NC(=O)[C@H](CC(C)C)NC(=O)Nc1ccc(Cl)c(Cl)c1)C(=O)O. The molecule has 0 spiro atoms. The molecule has 1 aromatic rings. The van der Waals surface area contributed by atoms with Crippen LogP contribution in [0.5, 0.6) is 0 Å². The number of amides is 3. The van der Waals surface area contributed by atoms with Gasteiger partial charge in [-0.15, -0.1) is 0 Å². The maximum atomic E-state index is 12.6. The molecule has 1 aromatic carbocycles. The second-order valence-corrected chi connectivity index (χ2v) is 8.25. The van der Waals surface area contributed by atoms with Crippen molar-refractivity contribution in [2.24, 2.45) is 11.8 Å². The predicted octanol–water partition coefficient (Wildman–Crippen LogP) is 4.15. The molecule has 156 valence electrons. The molecule has 9 heteroatoms. The van der Waals surface area contributed by atoms with Crippen LogP contribution in [0.3, 0.4) is 0 Å². The number of hydrogen-bond donors (Lipinski definition) is 4. The molecular formula is C19H27Cl2N3O4. The van der Waals surface area contributed by atoms with Crippen molar-refractivity contribution in [2.45, 2.75) is 52.6 Å². The lowest BCUT2D eigenvalue weighted by atomic mass is 10.0. The number of rotatable bonds is 9. The fraction of sp³-hybridized carbons (Fsp3) is 0.526. The summed E-state index contributed by atoms with van der Waals surface area (Å²) in [5.41, 5.74) is 0.416. The first-order chi connectivity index (χ1) is 13.0. The Kier molecular flexibility index (Phi) is 9.55. The van der Waals surface area contributed by atoms with E-state index in [1.165, 1.54) is 6.07 Å². The largest absolute Gasteiger partial charge is 0.480 e. The van der Waals surface area contributed by atoms with Crippen molar-refractivity contribution in [1.82, 2.24) is 10.6 Å². The number of aliphatic carboxylic acids is 1. The summed E-state index contributed by atoms with van der Waals surface area (Å²) in [6, 6.07) is 2.12. The number of anilines is 1. The van der Waals surface area contributed by atoms with Crippen molar-refractivity contribution in [3.8, 4) is 0 Å². The van der Waals surface area contributed by atoms with Gasteiger partial charge in [-0.05, 0) is 42.9 Å². The molecular weight excluding hydrogens is 405 g/mol. The number of benzene rings is 1. The smallest absolute Gasteiger partial charge is 0.326 e. The number of halogens is 2. The average molecular weight is 432 g/mol. The molecule has 0 fully saturated rings. The van der Waals surface area contributed by atoms with Gasteiger partial charge in [-0.3, -0.25) is 4.79 Å². The van der Waals surface area contributed by atoms with Crippen LogP contribution in [0.1, 0.15) is 40.5 Å². The van der Waals surface area contributed by atoms with Crippen molar-refractivity contribution < 1.29 is 19.5 Å². The Labute approximate surface area is 175 Å². The summed E-state index contributed by atoms with van der Waals surface area (Å²) in [5.74, 6) is -1.44. The Balaban J connectivity index is 2.82. The first-order valence-electron chi connectivity index (χ1n) is 9.05. The number of hydrogen-bond acceptors (Lipinski definition) is 3. The summed E-state index contributed by atoms with van der Waals surface area (Å²) in [5, 5.41) is 17.7. The third kappa shape index (κ3) is 8.35. The number of carbonyl (C=O) groups is 3. The average Bonchev–Trinajstić information content (AvgIpc) is 2.56. The highest BCUT2D eigenvalue weighted by molar-refractivity contribution is 6.42.